The number of aliphatic hydroxyl groups is 2. The lowest BCUT2D eigenvalue weighted by Crippen LogP contribution is -2.40. The summed E-state index contributed by atoms with van der Waals surface area (Å²) >= 11 is 1.30. The Morgan fingerprint density at radius 3 is 2.65 bits per heavy atom. The van der Waals surface area contributed by atoms with Gasteiger partial charge < -0.3 is 25.2 Å². The van der Waals surface area contributed by atoms with Crippen molar-refractivity contribution < 1.29 is 28.6 Å². The molecule has 1 aromatic heterocycles. The second-order valence-corrected chi connectivity index (χ2v) is 11.3. The molecule has 0 amide bonds. The van der Waals surface area contributed by atoms with Crippen LogP contribution >= 0.6 is 19.5 Å². The van der Waals surface area contributed by atoms with Gasteiger partial charge in [0.2, 0.25) is 0 Å². The zero-order valence-electron chi connectivity index (χ0n) is 19.2. The van der Waals surface area contributed by atoms with Gasteiger partial charge >= 0.3 is 13.4 Å². The number of nitrogens with two attached hydrogens (primary N) is 1. The average molecular weight is 515 g/mol. The molecule has 0 bridgehead atoms. The number of benzene rings is 1. The molecule has 2 aromatic rings. The molecule has 13 heteroatoms. The lowest BCUT2D eigenvalue weighted by molar-refractivity contribution is -0.138. The van der Waals surface area contributed by atoms with E-state index in [0.29, 0.717) is 5.75 Å². The topological polar surface area (TPSA) is 158 Å². The Kier molecular flexibility index (Phi) is 9.16. The Balaban J connectivity index is 1.70. The molecule has 1 saturated heterocycles. The van der Waals surface area contributed by atoms with Gasteiger partial charge in [0, 0.05) is 12.6 Å². The number of hydrogen-bond donors (Lipinski definition) is 4. The first-order valence-corrected chi connectivity index (χ1v) is 13.3. The molecule has 11 nitrogen and oxygen atoms in total. The molecular weight excluding hydrogens is 483 g/mol. The summed E-state index contributed by atoms with van der Waals surface area (Å²) in [5.74, 6) is 0.425. The number of aromatic nitrogens is 2. The quantitative estimate of drug-likeness (QED) is 0.257. The zero-order valence-corrected chi connectivity index (χ0v) is 20.9. The van der Waals surface area contributed by atoms with Crippen LogP contribution in [-0.4, -0.2) is 56.2 Å². The highest BCUT2D eigenvalue weighted by Crippen LogP contribution is 2.48. The fourth-order valence-electron chi connectivity index (χ4n) is 3.27. The van der Waals surface area contributed by atoms with Gasteiger partial charge in [0.15, 0.2) is 6.29 Å². The maximum atomic E-state index is 13.6. The summed E-state index contributed by atoms with van der Waals surface area (Å²) in [6, 6.07) is 9.20. The van der Waals surface area contributed by atoms with Gasteiger partial charge in [-0.15, -0.1) is 11.8 Å². The maximum Gasteiger partial charge on any atom is 0.459 e. The number of nitrogens with one attached hydrogen (secondary N) is 1. The maximum absolute atomic E-state index is 13.6. The van der Waals surface area contributed by atoms with Crippen molar-refractivity contribution in [3.05, 3.63) is 53.1 Å². The van der Waals surface area contributed by atoms with E-state index in [9.17, 15) is 19.6 Å². The standard InChI is InChI=1S/C21H31N4O7PS/c1-13(2)31-20(27)14(3)24-33(29,32-15-7-5-4-6-8-15)30-12-17-16(26)11-19(34-17)25-10-9-18(22)23-21(25)28/h4-10,13-14,16-17,19-20,26-27H,11-12H2,1-3H3,(H,24,29)(H2,22,23,28)/t14-,16+,17+,19+,20?,33-/m0/s1. The van der Waals surface area contributed by atoms with Crippen LogP contribution in [0.5, 0.6) is 5.75 Å². The van der Waals surface area contributed by atoms with Gasteiger partial charge in [-0.1, -0.05) is 18.2 Å². The number of nitrogens with zero attached hydrogens (tertiary/aromatic N) is 2. The summed E-state index contributed by atoms with van der Waals surface area (Å²) in [6.45, 7) is 4.99. The number of hydrogen-bond acceptors (Lipinski definition) is 10. The van der Waals surface area contributed by atoms with Gasteiger partial charge in [-0.25, -0.2) is 14.4 Å². The summed E-state index contributed by atoms with van der Waals surface area (Å²) < 4.78 is 31.7. The van der Waals surface area contributed by atoms with Crippen molar-refractivity contribution in [2.45, 2.75) is 62.4 Å². The first-order chi connectivity index (χ1) is 16.1. The number of ether oxygens (including phenoxy) is 1. The van der Waals surface area contributed by atoms with Crippen molar-refractivity contribution in [3.8, 4) is 5.75 Å². The Morgan fingerprint density at radius 2 is 2.00 bits per heavy atom. The predicted octanol–water partition coefficient (Wildman–Crippen LogP) is 2.12. The van der Waals surface area contributed by atoms with Crippen LogP contribution in [0.4, 0.5) is 5.82 Å². The molecule has 0 spiro atoms. The Hall–Kier alpha value is -1.92. The van der Waals surface area contributed by atoms with E-state index >= 15 is 0 Å². The number of aliphatic hydroxyl groups excluding tert-OH is 2. The van der Waals surface area contributed by atoms with Crippen molar-refractivity contribution >= 4 is 25.3 Å². The van der Waals surface area contributed by atoms with Gasteiger partial charge in [-0.2, -0.15) is 4.98 Å². The molecule has 1 unspecified atom stereocenters. The number of nitrogen functional groups attached to an aromatic ring is 1. The van der Waals surface area contributed by atoms with Crippen molar-refractivity contribution in [3.63, 3.8) is 0 Å². The second-order valence-electron chi connectivity index (χ2n) is 8.17. The number of anilines is 1. The monoisotopic (exact) mass is 514 g/mol. The van der Waals surface area contributed by atoms with E-state index < -0.39 is 37.1 Å². The minimum absolute atomic E-state index is 0.118. The molecular formula is C21H31N4O7PS. The summed E-state index contributed by atoms with van der Waals surface area (Å²) in [7, 11) is -3.99. The van der Waals surface area contributed by atoms with E-state index in [4.69, 9.17) is 19.5 Å². The van der Waals surface area contributed by atoms with Crippen molar-refractivity contribution in [2.75, 3.05) is 12.3 Å². The van der Waals surface area contributed by atoms with Gasteiger partial charge in [0.1, 0.15) is 11.6 Å². The van der Waals surface area contributed by atoms with Crippen LogP contribution in [-0.2, 0) is 13.8 Å². The minimum Gasteiger partial charge on any atom is -0.413 e. The third kappa shape index (κ3) is 7.29. The van der Waals surface area contributed by atoms with Crippen LogP contribution in [0.3, 0.4) is 0 Å². The molecule has 6 atom stereocenters. The lowest BCUT2D eigenvalue weighted by atomic mass is 10.2. The van der Waals surface area contributed by atoms with E-state index in [1.807, 2.05) is 0 Å². The molecule has 188 valence electrons. The predicted molar refractivity (Wildman–Crippen MR) is 129 cm³/mol. The van der Waals surface area contributed by atoms with Gasteiger partial charge in [0.05, 0.1) is 35.5 Å². The van der Waals surface area contributed by atoms with Crippen LogP contribution in [0.1, 0.15) is 32.6 Å². The summed E-state index contributed by atoms with van der Waals surface area (Å²) in [5, 5.41) is 22.6. The molecule has 5 N–H and O–H groups in total. The fraction of sp³-hybridized carbons (Fsp3) is 0.524. The molecule has 0 radical (unpaired) electrons. The van der Waals surface area contributed by atoms with Crippen LogP contribution in [0.25, 0.3) is 0 Å². The summed E-state index contributed by atoms with van der Waals surface area (Å²) in [4.78, 5) is 15.9. The molecule has 1 aliphatic heterocycles. The van der Waals surface area contributed by atoms with Gasteiger partial charge in [-0.3, -0.25) is 9.09 Å². The molecule has 2 heterocycles. The Morgan fingerprint density at radius 1 is 1.29 bits per heavy atom. The van der Waals surface area contributed by atoms with Crippen molar-refractivity contribution in [2.24, 2.45) is 0 Å². The first-order valence-electron chi connectivity index (χ1n) is 10.8. The lowest BCUT2D eigenvalue weighted by Gasteiger charge is -2.28. The highest BCUT2D eigenvalue weighted by Gasteiger charge is 2.39. The average Bonchev–Trinajstić information content (AvgIpc) is 3.12. The normalized spacial score (nSPS) is 24.0. The molecule has 1 fully saturated rings. The summed E-state index contributed by atoms with van der Waals surface area (Å²) in [5.41, 5.74) is 5.03. The number of rotatable bonds is 11. The highest BCUT2D eigenvalue weighted by atomic mass is 32.2. The Labute approximate surface area is 202 Å². The first kappa shape index (κ1) is 26.7. The van der Waals surface area contributed by atoms with E-state index in [-0.39, 0.29) is 30.3 Å². The fourth-order valence-corrected chi connectivity index (χ4v) is 6.38. The van der Waals surface area contributed by atoms with Crippen LogP contribution < -0.4 is 21.0 Å². The smallest absolute Gasteiger partial charge is 0.413 e. The third-order valence-electron chi connectivity index (χ3n) is 4.94. The largest absolute Gasteiger partial charge is 0.459 e. The zero-order chi connectivity index (χ0) is 24.9. The van der Waals surface area contributed by atoms with E-state index in [1.165, 1.54) is 28.6 Å². The SMILES string of the molecule is CC(C)OC(O)[C@H](C)N[P@](=O)(OC[C@H]1S[C@@H](n2ccc(N)nc2=O)C[C@H]1O)Oc1ccccc1. The van der Waals surface area contributed by atoms with E-state index in [0.717, 1.165) is 0 Å². The van der Waals surface area contributed by atoms with Crippen molar-refractivity contribution in [1.29, 1.82) is 0 Å². The molecule has 34 heavy (non-hydrogen) atoms. The highest BCUT2D eigenvalue weighted by molar-refractivity contribution is 8.00. The van der Waals surface area contributed by atoms with Gasteiger partial charge in [0.25, 0.3) is 0 Å². The van der Waals surface area contributed by atoms with Crippen LogP contribution in [0, 0.1) is 0 Å². The van der Waals surface area contributed by atoms with Gasteiger partial charge in [-0.05, 0) is 39.0 Å². The number of thioether (sulfide) groups is 1. The molecule has 1 aliphatic rings. The van der Waals surface area contributed by atoms with E-state index in [1.54, 1.807) is 51.1 Å². The molecule has 0 saturated carbocycles. The molecule has 3 rings (SSSR count). The third-order valence-corrected chi connectivity index (χ3v) is 8.14. The number of para-hydroxylation sites is 1. The molecule has 1 aromatic carbocycles. The van der Waals surface area contributed by atoms with Crippen molar-refractivity contribution in [1.82, 2.24) is 14.6 Å². The van der Waals surface area contributed by atoms with E-state index in [2.05, 4.69) is 10.1 Å². The molecule has 0 aliphatic carbocycles. The minimum atomic E-state index is -3.99. The second kappa shape index (κ2) is 11.7. The van der Waals surface area contributed by atoms with Crippen LogP contribution in [0.2, 0.25) is 0 Å². The summed E-state index contributed by atoms with van der Waals surface area (Å²) in [6.07, 6.45) is -0.517. The van der Waals surface area contributed by atoms with Crippen LogP contribution in [0.15, 0.2) is 47.4 Å². The Bertz CT molecular complexity index is 1040.